The number of carbonyl (C=O) groups is 1. The minimum absolute atomic E-state index is 0.0634. The van der Waals surface area contributed by atoms with Crippen LogP contribution in [-0.4, -0.2) is 33.1 Å². The van der Waals surface area contributed by atoms with Crippen LogP contribution in [0.2, 0.25) is 0 Å². The Morgan fingerprint density at radius 3 is 2.21 bits per heavy atom. The number of methoxy groups -OCH3 is 2. The Bertz CT molecular complexity index is 221. The normalized spacial score (nSPS) is 12.7. The van der Waals surface area contributed by atoms with Crippen molar-refractivity contribution >= 4 is 5.97 Å². The molecule has 14 heavy (non-hydrogen) atoms. The number of halogens is 1. The van der Waals surface area contributed by atoms with Gasteiger partial charge in [0.2, 0.25) is 5.83 Å². The van der Waals surface area contributed by atoms with E-state index >= 15 is 0 Å². The van der Waals surface area contributed by atoms with E-state index in [2.05, 4.69) is 4.74 Å². The summed E-state index contributed by atoms with van der Waals surface area (Å²) in [5, 5.41) is 0. The highest BCUT2D eigenvalue weighted by atomic mass is 19.1. The fourth-order valence-corrected chi connectivity index (χ4v) is 0.909. The molecule has 4 nitrogen and oxygen atoms in total. The zero-order valence-electron chi connectivity index (χ0n) is 8.80. The van der Waals surface area contributed by atoms with Gasteiger partial charge in [0.15, 0.2) is 6.29 Å². The van der Waals surface area contributed by atoms with Gasteiger partial charge in [-0.05, 0) is 13.8 Å². The van der Waals surface area contributed by atoms with E-state index in [-0.39, 0.29) is 12.2 Å². The summed E-state index contributed by atoms with van der Waals surface area (Å²) >= 11 is 0. The molecule has 0 N–H and O–H groups in total. The van der Waals surface area contributed by atoms with Crippen LogP contribution in [0.3, 0.4) is 0 Å². The molecule has 0 saturated carbocycles. The Morgan fingerprint density at radius 1 is 1.36 bits per heavy atom. The Hall–Kier alpha value is -0.940. The van der Waals surface area contributed by atoms with E-state index in [0.29, 0.717) is 0 Å². The largest absolute Gasteiger partial charge is 0.461 e. The Balaban J connectivity index is 4.63. The lowest BCUT2D eigenvalue weighted by molar-refractivity contribution is -0.141. The van der Waals surface area contributed by atoms with E-state index in [0.717, 1.165) is 0 Å². The van der Waals surface area contributed by atoms with Crippen molar-refractivity contribution in [3.8, 4) is 0 Å². The first-order chi connectivity index (χ1) is 6.58. The topological polar surface area (TPSA) is 44.8 Å². The van der Waals surface area contributed by atoms with Gasteiger partial charge in [0.1, 0.15) is 0 Å². The summed E-state index contributed by atoms with van der Waals surface area (Å²) in [6, 6.07) is 0. The van der Waals surface area contributed by atoms with Crippen LogP contribution >= 0.6 is 0 Å². The van der Waals surface area contributed by atoms with Crippen LogP contribution in [0.1, 0.15) is 13.8 Å². The molecule has 0 saturated heterocycles. The number of rotatable bonds is 5. The van der Waals surface area contributed by atoms with Crippen LogP contribution in [0.5, 0.6) is 0 Å². The highest BCUT2D eigenvalue weighted by molar-refractivity contribution is 5.86. The lowest BCUT2D eigenvalue weighted by Gasteiger charge is -2.14. The predicted octanol–water partition coefficient (Wildman–Crippen LogP) is 1.41. The van der Waals surface area contributed by atoms with Gasteiger partial charge in [-0.3, -0.25) is 0 Å². The molecule has 0 atom stereocenters. The molecule has 0 heterocycles. The van der Waals surface area contributed by atoms with Gasteiger partial charge in [0, 0.05) is 19.8 Å². The maximum atomic E-state index is 13.2. The van der Waals surface area contributed by atoms with Crippen molar-refractivity contribution in [2.45, 2.75) is 20.1 Å². The van der Waals surface area contributed by atoms with E-state index in [1.807, 2.05) is 0 Å². The van der Waals surface area contributed by atoms with Gasteiger partial charge in [-0.1, -0.05) is 0 Å². The van der Waals surface area contributed by atoms with Crippen molar-refractivity contribution in [2.24, 2.45) is 0 Å². The molecular weight excluding hydrogens is 191 g/mol. The van der Waals surface area contributed by atoms with E-state index in [1.54, 1.807) is 6.92 Å². The minimum atomic E-state index is -0.996. The van der Waals surface area contributed by atoms with Gasteiger partial charge >= 0.3 is 5.97 Å². The molecule has 0 amide bonds. The molecular formula is C9H15FO4. The molecule has 0 bridgehead atoms. The van der Waals surface area contributed by atoms with Crippen LogP contribution in [0.15, 0.2) is 11.4 Å². The highest BCUT2D eigenvalue weighted by Gasteiger charge is 2.19. The summed E-state index contributed by atoms with van der Waals surface area (Å²) in [6.07, 6.45) is -0.862. The summed E-state index contributed by atoms with van der Waals surface area (Å²) in [7, 11) is 2.71. The van der Waals surface area contributed by atoms with Gasteiger partial charge in [0.05, 0.1) is 6.61 Å². The van der Waals surface area contributed by atoms with Crippen LogP contribution in [-0.2, 0) is 19.0 Å². The Labute approximate surface area is 82.6 Å². The summed E-state index contributed by atoms with van der Waals surface area (Å²) in [4.78, 5) is 11.0. The van der Waals surface area contributed by atoms with Crippen LogP contribution < -0.4 is 0 Å². The minimum Gasteiger partial charge on any atom is -0.461 e. The average Bonchev–Trinajstić information content (AvgIpc) is 2.18. The molecule has 0 spiro atoms. The summed E-state index contributed by atoms with van der Waals surface area (Å²) in [6.45, 7) is 3.14. The zero-order chi connectivity index (χ0) is 11.1. The Morgan fingerprint density at radius 2 is 1.86 bits per heavy atom. The van der Waals surface area contributed by atoms with Crippen molar-refractivity contribution in [1.29, 1.82) is 0 Å². The second-order valence-corrected chi connectivity index (χ2v) is 2.52. The third-order valence-electron chi connectivity index (χ3n) is 1.58. The van der Waals surface area contributed by atoms with Gasteiger partial charge in [0.25, 0.3) is 0 Å². The average molecular weight is 206 g/mol. The van der Waals surface area contributed by atoms with E-state index in [9.17, 15) is 9.18 Å². The number of ether oxygens (including phenoxy) is 3. The fraction of sp³-hybridized carbons (Fsp3) is 0.667. The standard InChI is InChI=1S/C9H15FO4/c1-5-14-8(11)7(10)6(2)9(12-3)13-4/h9H,5H2,1-4H3/b7-6-. The zero-order valence-corrected chi connectivity index (χ0v) is 8.80. The van der Waals surface area contributed by atoms with Gasteiger partial charge in [-0.2, -0.15) is 4.39 Å². The van der Waals surface area contributed by atoms with E-state index in [1.165, 1.54) is 21.1 Å². The molecule has 0 fully saturated rings. The summed E-state index contributed by atoms with van der Waals surface area (Å²) in [5.74, 6) is -1.97. The molecule has 82 valence electrons. The molecule has 0 unspecified atom stereocenters. The summed E-state index contributed by atoms with van der Waals surface area (Å²) in [5.41, 5.74) is 0.0634. The number of esters is 1. The third kappa shape index (κ3) is 3.43. The van der Waals surface area contributed by atoms with Crippen molar-refractivity contribution in [2.75, 3.05) is 20.8 Å². The van der Waals surface area contributed by atoms with Crippen molar-refractivity contribution in [3.05, 3.63) is 11.4 Å². The predicted molar refractivity (Wildman–Crippen MR) is 48.2 cm³/mol. The van der Waals surface area contributed by atoms with Gasteiger partial charge in [-0.25, -0.2) is 4.79 Å². The monoisotopic (exact) mass is 206 g/mol. The second-order valence-electron chi connectivity index (χ2n) is 2.52. The van der Waals surface area contributed by atoms with Crippen molar-refractivity contribution in [1.82, 2.24) is 0 Å². The maximum Gasteiger partial charge on any atom is 0.367 e. The third-order valence-corrected chi connectivity index (χ3v) is 1.58. The van der Waals surface area contributed by atoms with E-state index in [4.69, 9.17) is 9.47 Å². The van der Waals surface area contributed by atoms with Crippen LogP contribution in [0.25, 0.3) is 0 Å². The maximum absolute atomic E-state index is 13.2. The first kappa shape index (κ1) is 13.1. The van der Waals surface area contributed by atoms with Crippen molar-refractivity contribution in [3.63, 3.8) is 0 Å². The highest BCUT2D eigenvalue weighted by Crippen LogP contribution is 2.14. The van der Waals surface area contributed by atoms with Crippen LogP contribution in [0, 0.1) is 0 Å². The molecule has 0 aromatic heterocycles. The summed E-state index contributed by atoms with van der Waals surface area (Å²) < 4.78 is 27.3. The van der Waals surface area contributed by atoms with Gasteiger partial charge < -0.3 is 14.2 Å². The molecule has 5 heteroatoms. The number of carbonyl (C=O) groups excluding carboxylic acids is 1. The molecule has 0 radical (unpaired) electrons. The number of hydrogen-bond donors (Lipinski definition) is 0. The number of hydrogen-bond acceptors (Lipinski definition) is 4. The molecule has 0 rings (SSSR count). The van der Waals surface area contributed by atoms with Crippen molar-refractivity contribution < 1.29 is 23.4 Å². The molecule has 0 aliphatic heterocycles. The smallest absolute Gasteiger partial charge is 0.367 e. The van der Waals surface area contributed by atoms with Crippen LogP contribution in [0.4, 0.5) is 4.39 Å². The first-order valence-electron chi connectivity index (χ1n) is 4.17. The fourth-order valence-electron chi connectivity index (χ4n) is 0.909. The second kappa shape index (κ2) is 6.50. The lowest BCUT2D eigenvalue weighted by atomic mass is 10.2. The van der Waals surface area contributed by atoms with E-state index < -0.39 is 18.1 Å². The SMILES string of the molecule is CCOC(=O)/C(F)=C(\C)C(OC)OC. The molecule has 0 aromatic rings. The molecule has 0 aliphatic rings. The Kier molecular flexibility index (Phi) is 6.07. The van der Waals surface area contributed by atoms with Gasteiger partial charge in [-0.15, -0.1) is 0 Å². The molecule has 0 aromatic carbocycles. The first-order valence-corrected chi connectivity index (χ1v) is 4.17. The molecule has 0 aliphatic carbocycles. The quantitative estimate of drug-likeness (QED) is 0.387. The lowest BCUT2D eigenvalue weighted by Crippen LogP contribution is -2.18.